The van der Waals surface area contributed by atoms with E-state index in [1.165, 1.54) is 6.42 Å². The number of fused-ring (bicyclic) bond motifs is 2. The van der Waals surface area contributed by atoms with Gasteiger partial charge in [-0.15, -0.1) is 0 Å². The number of nitrogens with two attached hydrogens (primary N) is 1. The molecule has 4 aromatic rings. The molecule has 0 atom stereocenters. The zero-order chi connectivity index (χ0) is 24.5. The van der Waals surface area contributed by atoms with E-state index in [0.29, 0.717) is 41.4 Å². The third-order valence-corrected chi connectivity index (χ3v) is 7.06. The van der Waals surface area contributed by atoms with E-state index in [1.54, 1.807) is 0 Å². The van der Waals surface area contributed by atoms with Gasteiger partial charge in [0.25, 0.3) is 0 Å². The van der Waals surface area contributed by atoms with Gasteiger partial charge in [0.1, 0.15) is 18.2 Å². The Kier molecular flexibility index (Phi) is 5.97. The van der Waals surface area contributed by atoms with E-state index in [9.17, 15) is 4.79 Å². The Balaban J connectivity index is 1.42. The number of piperidine rings is 1. The van der Waals surface area contributed by atoms with Crippen LogP contribution in [0.2, 0.25) is 0 Å². The first kappa shape index (κ1) is 22.5. The summed E-state index contributed by atoms with van der Waals surface area (Å²) in [6, 6.07) is 17.9. The van der Waals surface area contributed by atoms with Crippen molar-refractivity contribution in [2.24, 2.45) is 0 Å². The second-order valence-corrected chi connectivity index (χ2v) is 9.54. The first-order valence-electron chi connectivity index (χ1n) is 12.7. The van der Waals surface area contributed by atoms with Gasteiger partial charge >= 0.3 is 0 Å². The van der Waals surface area contributed by atoms with Gasteiger partial charge in [-0.1, -0.05) is 42.5 Å². The maximum absolute atomic E-state index is 13.1. The number of anilines is 2. The number of aryl methyl sites for hydroxylation is 1. The average Bonchev–Trinajstić information content (AvgIpc) is 2.92. The van der Waals surface area contributed by atoms with Crippen molar-refractivity contribution in [3.05, 3.63) is 71.4 Å². The number of aromatic nitrogens is 3. The number of ether oxygens (including phenoxy) is 1. The van der Waals surface area contributed by atoms with Crippen molar-refractivity contribution in [2.75, 3.05) is 23.7 Å². The molecule has 3 heterocycles. The second kappa shape index (κ2) is 9.57. The Morgan fingerprint density at radius 2 is 1.61 bits per heavy atom. The van der Waals surface area contributed by atoms with Gasteiger partial charge in [0, 0.05) is 30.6 Å². The minimum Gasteiger partial charge on any atom is -0.489 e. The van der Waals surface area contributed by atoms with Crippen molar-refractivity contribution >= 4 is 28.6 Å². The molecule has 2 N–H and O–H groups in total. The minimum atomic E-state index is 0.101. The number of hydrogen-bond donors (Lipinski definition) is 1. The lowest BCUT2D eigenvalue weighted by atomic mass is 9.86. The molecule has 2 aromatic heterocycles. The molecule has 1 aliphatic carbocycles. The maximum atomic E-state index is 13.1. The number of ketones is 1. The SMILES string of the molecule is Nc1nc(N2CCCCC2)nc2nc3c(c(-c4ccc(OCc5ccccc5)cc4)c12)C(=O)CCC3. The smallest absolute Gasteiger partial charge is 0.229 e. The summed E-state index contributed by atoms with van der Waals surface area (Å²) < 4.78 is 5.98. The van der Waals surface area contributed by atoms with Crippen molar-refractivity contribution < 1.29 is 9.53 Å². The fourth-order valence-corrected chi connectivity index (χ4v) is 5.23. The molecule has 0 unspecified atom stereocenters. The Hall–Kier alpha value is -4.00. The minimum absolute atomic E-state index is 0.101. The monoisotopic (exact) mass is 479 g/mol. The number of Topliss-reactive ketones (excluding diaryl/α,β-unsaturated/α-hetero) is 1. The van der Waals surface area contributed by atoms with E-state index in [4.69, 9.17) is 20.4 Å². The highest BCUT2D eigenvalue weighted by Crippen LogP contribution is 2.39. The van der Waals surface area contributed by atoms with Gasteiger partial charge in [-0.3, -0.25) is 4.79 Å². The van der Waals surface area contributed by atoms with E-state index in [0.717, 1.165) is 66.9 Å². The van der Waals surface area contributed by atoms with Crippen LogP contribution in [0.3, 0.4) is 0 Å². The van der Waals surface area contributed by atoms with Crippen LogP contribution in [0, 0.1) is 0 Å². The molecular formula is C29H29N5O2. The number of nitrogens with zero attached hydrogens (tertiary/aromatic N) is 4. The lowest BCUT2D eigenvalue weighted by Crippen LogP contribution is -2.31. The predicted molar refractivity (Wildman–Crippen MR) is 141 cm³/mol. The maximum Gasteiger partial charge on any atom is 0.229 e. The summed E-state index contributed by atoms with van der Waals surface area (Å²) in [5.41, 5.74) is 11.4. The number of hydrogen-bond acceptors (Lipinski definition) is 7. The molecule has 7 heteroatoms. The van der Waals surface area contributed by atoms with Crippen LogP contribution in [0.5, 0.6) is 5.75 Å². The molecule has 6 rings (SSSR count). The lowest BCUT2D eigenvalue weighted by molar-refractivity contribution is 0.0972. The van der Waals surface area contributed by atoms with E-state index in [2.05, 4.69) is 9.88 Å². The highest BCUT2D eigenvalue weighted by molar-refractivity contribution is 6.13. The molecule has 2 aromatic carbocycles. The van der Waals surface area contributed by atoms with Crippen molar-refractivity contribution in [2.45, 2.75) is 45.1 Å². The van der Waals surface area contributed by atoms with Gasteiger partial charge in [0.05, 0.1) is 11.1 Å². The van der Waals surface area contributed by atoms with Gasteiger partial charge in [-0.2, -0.15) is 9.97 Å². The first-order chi connectivity index (χ1) is 17.7. The van der Waals surface area contributed by atoms with Gasteiger partial charge in [0.15, 0.2) is 11.4 Å². The van der Waals surface area contributed by atoms with E-state index in [-0.39, 0.29) is 5.78 Å². The third kappa shape index (κ3) is 4.26. The molecule has 0 radical (unpaired) electrons. The fourth-order valence-electron chi connectivity index (χ4n) is 5.23. The number of carbonyl (C=O) groups is 1. The molecule has 2 aliphatic rings. The van der Waals surface area contributed by atoms with Crippen LogP contribution in [0.15, 0.2) is 54.6 Å². The number of carbonyl (C=O) groups excluding carboxylic acids is 1. The molecular weight excluding hydrogens is 450 g/mol. The zero-order valence-corrected chi connectivity index (χ0v) is 20.2. The van der Waals surface area contributed by atoms with Gasteiger partial charge < -0.3 is 15.4 Å². The Bertz CT molecular complexity index is 1410. The van der Waals surface area contributed by atoms with Crippen LogP contribution < -0.4 is 15.4 Å². The quantitative estimate of drug-likeness (QED) is 0.412. The lowest BCUT2D eigenvalue weighted by Gasteiger charge is -2.27. The highest BCUT2D eigenvalue weighted by atomic mass is 16.5. The van der Waals surface area contributed by atoms with Gasteiger partial charge in [0.2, 0.25) is 5.95 Å². The standard InChI is InChI=1S/C29H29N5O2/c30-27-26-24(20-12-14-21(15-13-20)36-18-19-8-3-1-4-9-19)25-22(10-7-11-23(25)35)31-28(26)33-29(32-27)34-16-5-2-6-17-34/h1,3-4,8-9,12-15H,2,5-7,10-11,16-18H2,(H2,30,31,32,33). The van der Waals surface area contributed by atoms with Gasteiger partial charge in [-0.05, 0) is 55.4 Å². The Morgan fingerprint density at radius 3 is 2.39 bits per heavy atom. The number of nitrogen functional groups attached to an aromatic ring is 1. The van der Waals surface area contributed by atoms with Crippen molar-refractivity contribution in [3.63, 3.8) is 0 Å². The summed E-state index contributed by atoms with van der Waals surface area (Å²) in [5.74, 6) is 1.86. The average molecular weight is 480 g/mol. The zero-order valence-electron chi connectivity index (χ0n) is 20.2. The number of pyridine rings is 1. The summed E-state index contributed by atoms with van der Waals surface area (Å²) >= 11 is 0. The van der Waals surface area contributed by atoms with Crippen LogP contribution in [0.25, 0.3) is 22.2 Å². The summed E-state index contributed by atoms with van der Waals surface area (Å²) in [6.07, 6.45) is 5.54. The molecule has 1 aliphatic heterocycles. The second-order valence-electron chi connectivity index (χ2n) is 9.54. The molecule has 1 saturated heterocycles. The molecule has 1 fully saturated rings. The summed E-state index contributed by atoms with van der Waals surface area (Å²) in [4.78, 5) is 29.7. The van der Waals surface area contributed by atoms with Crippen molar-refractivity contribution in [1.82, 2.24) is 15.0 Å². The molecule has 0 bridgehead atoms. The van der Waals surface area contributed by atoms with E-state index < -0.39 is 0 Å². The largest absolute Gasteiger partial charge is 0.489 e. The van der Waals surface area contributed by atoms with E-state index >= 15 is 0 Å². The van der Waals surface area contributed by atoms with Crippen LogP contribution in [0.1, 0.15) is 53.7 Å². The van der Waals surface area contributed by atoms with Crippen LogP contribution in [-0.4, -0.2) is 33.8 Å². The predicted octanol–water partition coefficient (Wildman–Crippen LogP) is 5.36. The topological polar surface area (TPSA) is 94.2 Å². The molecule has 0 saturated carbocycles. The molecule has 36 heavy (non-hydrogen) atoms. The van der Waals surface area contributed by atoms with E-state index in [1.807, 2.05) is 54.6 Å². The Labute approximate surface area is 210 Å². The third-order valence-electron chi connectivity index (χ3n) is 7.06. The normalized spacial score (nSPS) is 15.7. The van der Waals surface area contributed by atoms with Crippen molar-refractivity contribution in [1.29, 1.82) is 0 Å². The fraction of sp³-hybridized carbons (Fsp3) is 0.310. The molecule has 7 nitrogen and oxygen atoms in total. The van der Waals surface area contributed by atoms with Crippen LogP contribution in [-0.2, 0) is 13.0 Å². The summed E-state index contributed by atoms with van der Waals surface area (Å²) in [6.45, 7) is 2.34. The van der Waals surface area contributed by atoms with Crippen molar-refractivity contribution in [3.8, 4) is 16.9 Å². The van der Waals surface area contributed by atoms with Crippen LogP contribution >= 0.6 is 0 Å². The first-order valence-corrected chi connectivity index (χ1v) is 12.7. The summed E-state index contributed by atoms with van der Waals surface area (Å²) in [7, 11) is 0. The van der Waals surface area contributed by atoms with Crippen LogP contribution in [0.4, 0.5) is 11.8 Å². The Morgan fingerprint density at radius 1 is 0.833 bits per heavy atom. The highest BCUT2D eigenvalue weighted by Gasteiger charge is 2.28. The van der Waals surface area contributed by atoms with Gasteiger partial charge in [-0.25, -0.2) is 4.98 Å². The number of rotatable bonds is 5. The molecule has 0 amide bonds. The molecule has 0 spiro atoms. The molecule has 182 valence electrons. The summed E-state index contributed by atoms with van der Waals surface area (Å²) in [5, 5.41) is 0.655. The number of benzene rings is 2.